The number of nitrogens with one attached hydrogen (secondary N) is 1. The molecule has 1 N–H and O–H groups in total. The van der Waals surface area contributed by atoms with Crippen LogP contribution in [-0.4, -0.2) is 31.9 Å². The lowest BCUT2D eigenvalue weighted by atomic mass is 9.74. The third kappa shape index (κ3) is 3.57. The fourth-order valence-corrected chi connectivity index (χ4v) is 4.49. The highest BCUT2D eigenvalue weighted by Gasteiger charge is 2.43. The van der Waals surface area contributed by atoms with Gasteiger partial charge in [0.15, 0.2) is 9.84 Å². The van der Waals surface area contributed by atoms with Gasteiger partial charge in [0.1, 0.15) is 5.41 Å². The molecule has 0 radical (unpaired) electrons. The van der Waals surface area contributed by atoms with Crippen LogP contribution >= 0.6 is 0 Å². The molecule has 0 atom stereocenters. The fraction of sp³-hybridized carbons (Fsp3) is 0.867. The Labute approximate surface area is 128 Å². The summed E-state index contributed by atoms with van der Waals surface area (Å²) in [5, 5.41) is 12.1. The van der Waals surface area contributed by atoms with Crippen LogP contribution in [0.5, 0.6) is 0 Å². The number of amides is 1. The number of nitrogens with zero attached hydrogens (tertiary/aromatic N) is 1. The van der Waals surface area contributed by atoms with E-state index in [0.29, 0.717) is 25.7 Å². The molecule has 1 saturated carbocycles. The summed E-state index contributed by atoms with van der Waals surface area (Å²) in [4.78, 5) is 12.4. The van der Waals surface area contributed by atoms with E-state index in [4.69, 9.17) is 0 Å². The molecule has 0 heterocycles. The first-order valence-corrected chi connectivity index (χ1v) is 9.55. The third-order valence-electron chi connectivity index (χ3n) is 5.00. The normalized spacial score (nSPS) is 18.8. The maximum Gasteiger partial charge on any atom is 0.240 e. The molecule has 21 heavy (non-hydrogen) atoms. The van der Waals surface area contributed by atoms with Crippen molar-refractivity contribution >= 4 is 15.7 Å². The van der Waals surface area contributed by atoms with Crippen LogP contribution in [0.15, 0.2) is 0 Å². The number of carbonyl (C=O) groups is 1. The van der Waals surface area contributed by atoms with Gasteiger partial charge in [0, 0.05) is 12.8 Å². The van der Waals surface area contributed by atoms with E-state index in [2.05, 4.69) is 11.4 Å². The average Bonchev–Trinajstić information content (AvgIpc) is 2.47. The number of carbonyl (C=O) groups excluding carboxylic acids is 1. The molecule has 1 rings (SSSR count). The Balaban J connectivity index is 2.86. The van der Waals surface area contributed by atoms with E-state index in [0.717, 1.165) is 19.3 Å². The van der Waals surface area contributed by atoms with Crippen LogP contribution in [0.25, 0.3) is 0 Å². The van der Waals surface area contributed by atoms with E-state index >= 15 is 0 Å². The van der Waals surface area contributed by atoms with Gasteiger partial charge in [-0.2, -0.15) is 5.26 Å². The highest BCUT2D eigenvalue weighted by atomic mass is 32.2. The highest BCUT2D eigenvalue weighted by molar-refractivity contribution is 7.92. The maximum absolute atomic E-state index is 12.4. The Morgan fingerprint density at radius 2 is 1.76 bits per heavy atom. The Morgan fingerprint density at radius 3 is 2.14 bits per heavy atom. The van der Waals surface area contributed by atoms with Gasteiger partial charge in [-0.1, -0.05) is 33.1 Å². The molecule has 1 aliphatic carbocycles. The van der Waals surface area contributed by atoms with Crippen LogP contribution in [0.2, 0.25) is 0 Å². The second-order valence-corrected chi connectivity index (χ2v) is 8.51. The standard InChI is InChI=1S/C15H26N2O3S/c1-4-15(5-2,21(3,19)20)12-17-13(18)14(11-16)9-7-6-8-10-14/h4-10,12H2,1-3H3,(H,17,18). The fourth-order valence-electron chi connectivity index (χ4n) is 3.11. The van der Waals surface area contributed by atoms with Crippen LogP contribution in [-0.2, 0) is 14.6 Å². The molecule has 6 heteroatoms. The number of sulfone groups is 1. The zero-order valence-electron chi connectivity index (χ0n) is 13.2. The van der Waals surface area contributed by atoms with Gasteiger partial charge in [-0.3, -0.25) is 4.79 Å². The van der Waals surface area contributed by atoms with Gasteiger partial charge in [-0.05, 0) is 25.7 Å². The molecule has 0 spiro atoms. The SMILES string of the molecule is CCC(CC)(CNC(=O)C1(C#N)CCCCC1)S(C)(=O)=O. The van der Waals surface area contributed by atoms with Crippen LogP contribution in [0, 0.1) is 16.7 Å². The predicted octanol–water partition coefficient (Wildman–Crippen LogP) is 2.18. The molecule has 0 bridgehead atoms. The van der Waals surface area contributed by atoms with Crippen LogP contribution in [0.4, 0.5) is 0 Å². The molecule has 5 nitrogen and oxygen atoms in total. The minimum atomic E-state index is -3.28. The van der Waals surface area contributed by atoms with Crippen LogP contribution in [0.1, 0.15) is 58.8 Å². The van der Waals surface area contributed by atoms with Crippen molar-refractivity contribution in [2.75, 3.05) is 12.8 Å². The van der Waals surface area contributed by atoms with E-state index in [-0.39, 0.29) is 12.5 Å². The molecular weight excluding hydrogens is 288 g/mol. The number of hydrogen-bond acceptors (Lipinski definition) is 4. The van der Waals surface area contributed by atoms with Crippen LogP contribution < -0.4 is 5.32 Å². The zero-order chi connectivity index (χ0) is 16.1. The minimum Gasteiger partial charge on any atom is -0.353 e. The molecule has 0 aromatic heterocycles. The molecule has 1 aliphatic rings. The monoisotopic (exact) mass is 314 g/mol. The average molecular weight is 314 g/mol. The molecule has 0 unspecified atom stereocenters. The summed E-state index contributed by atoms with van der Waals surface area (Å²) in [6, 6.07) is 2.17. The lowest BCUT2D eigenvalue weighted by Gasteiger charge is -2.33. The van der Waals surface area contributed by atoms with E-state index in [1.165, 1.54) is 6.26 Å². The number of hydrogen-bond donors (Lipinski definition) is 1. The Kier molecular flexibility index (Phi) is 5.80. The van der Waals surface area contributed by atoms with Crippen molar-refractivity contribution in [1.82, 2.24) is 5.32 Å². The molecular formula is C15H26N2O3S. The van der Waals surface area contributed by atoms with Crippen molar-refractivity contribution < 1.29 is 13.2 Å². The second-order valence-electron chi connectivity index (χ2n) is 6.10. The first-order valence-electron chi connectivity index (χ1n) is 7.66. The molecule has 0 aliphatic heterocycles. The minimum absolute atomic E-state index is 0.0844. The number of rotatable bonds is 6. The summed E-state index contributed by atoms with van der Waals surface area (Å²) in [5.41, 5.74) is -0.969. The third-order valence-corrected chi connectivity index (χ3v) is 7.30. The van der Waals surface area contributed by atoms with Crippen LogP contribution in [0.3, 0.4) is 0 Å². The van der Waals surface area contributed by atoms with Gasteiger partial charge in [0.2, 0.25) is 5.91 Å². The van der Waals surface area contributed by atoms with Gasteiger partial charge in [0.05, 0.1) is 10.8 Å². The van der Waals surface area contributed by atoms with Gasteiger partial charge in [-0.15, -0.1) is 0 Å². The topological polar surface area (TPSA) is 87.0 Å². The Hall–Kier alpha value is -1.09. The van der Waals surface area contributed by atoms with Crippen molar-refractivity contribution in [3.63, 3.8) is 0 Å². The van der Waals surface area contributed by atoms with Gasteiger partial charge in [0.25, 0.3) is 0 Å². The lowest BCUT2D eigenvalue weighted by molar-refractivity contribution is -0.129. The molecule has 0 aromatic carbocycles. The van der Waals surface area contributed by atoms with Crippen molar-refractivity contribution in [2.24, 2.45) is 5.41 Å². The molecule has 0 aromatic rings. The summed E-state index contributed by atoms with van der Waals surface area (Å²) < 4.78 is 23.1. The van der Waals surface area contributed by atoms with Crippen molar-refractivity contribution in [3.05, 3.63) is 0 Å². The van der Waals surface area contributed by atoms with Crippen molar-refractivity contribution in [1.29, 1.82) is 5.26 Å². The summed E-state index contributed by atoms with van der Waals surface area (Å²) in [7, 11) is -3.28. The second kappa shape index (κ2) is 6.78. The van der Waals surface area contributed by atoms with Crippen molar-refractivity contribution in [3.8, 4) is 6.07 Å². The summed E-state index contributed by atoms with van der Waals surface area (Å²) in [5.74, 6) is -0.306. The van der Waals surface area contributed by atoms with Gasteiger partial charge < -0.3 is 5.32 Å². The molecule has 1 amide bonds. The predicted molar refractivity (Wildman–Crippen MR) is 82.3 cm³/mol. The Bertz CT molecular complexity index is 510. The molecule has 1 fully saturated rings. The quantitative estimate of drug-likeness (QED) is 0.814. The first kappa shape index (κ1) is 18.0. The Morgan fingerprint density at radius 1 is 1.24 bits per heavy atom. The van der Waals surface area contributed by atoms with Gasteiger partial charge >= 0.3 is 0 Å². The molecule has 120 valence electrons. The van der Waals surface area contributed by atoms with E-state index in [1.54, 1.807) is 0 Å². The van der Waals surface area contributed by atoms with E-state index in [1.807, 2.05) is 13.8 Å². The smallest absolute Gasteiger partial charge is 0.240 e. The number of nitriles is 1. The maximum atomic E-state index is 12.4. The van der Waals surface area contributed by atoms with E-state index in [9.17, 15) is 18.5 Å². The first-order chi connectivity index (χ1) is 9.77. The largest absolute Gasteiger partial charge is 0.353 e. The molecule has 0 saturated heterocycles. The summed E-state index contributed by atoms with van der Waals surface area (Å²) in [6.07, 6.45) is 6.05. The summed E-state index contributed by atoms with van der Waals surface area (Å²) >= 11 is 0. The lowest BCUT2D eigenvalue weighted by Crippen LogP contribution is -2.51. The zero-order valence-corrected chi connectivity index (χ0v) is 14.1. The van der Waals surface area contributed by atoms with E-state index < -0.39 is 20.0 Å². The highest BCUT2D eigenvalue weighted by Crippen LogP contribution is 2.36. The summed E-state index contributed by atoms with van der Waals surface area (Å²) in [6.45, 7) is 3.72. The van der Waals surface area contributed by atoms with Crippen molar-refractivity contribution in [2.45, 2.75) is 63.5 Å². The van der Waals surface area contributed by atoms with Gasteiger partial charge in [-0.25, -0.2) is 8.42 Å².